The lowest BCUT2D eigenvalue weighted by atomic mass is 10.0. The molecule has 1 unspecified atom stereocenters. The molecule has 0 bridgehead atoms. The highest BCUT2D eigenvalue weighted by atomic mass is 32.1. The molecule has 1 N–H and O–H groups in total. The van der Waals surface area contributed by atoms with Gasteiger partial charge in [-0.25, -0.2) is 0 Å². The largest absolute Gasteiger partial charge is 0.314 e. The standard InChI is InChI=1S/C14H25NS/c1-3-5-6-7-8-14(15-4-2)11-13-9-10-16-12-13/h9-10,12,14-15H,3-8,11H2,1-2H3. The van der Waals surface area contributed by atoms with Crippen LogP contribution in [0.25, 0.3) is 0 Å². The fourth-order valence-electron chi connectivity index (χ4n) is 2.08. The molecule has 0 aliphatic carbocycles. The van der Waals surface area contributed by atoms with Crippen LogP contribution in [0.1, 0.15) is 51.5 Å². The summed E-state index contributed by atoms with van der Waals surface area (Å²) in [6.45, 7) is 5.56. The molecule has 1 atom stereocenters. The van der Waals surface area contributed by atoms with E-state index in [-0.39, 0.29) is 0 Å². The van der Waals surface area contributed by atoms with E-state index in [0.717, 1.165) is 6.54 Å². The van der Waals surface area contributed by atoms with Crippen LogP contribution in [0.3, 0.4) is 0 Å². The second-order valence-corrected chi connectivity index (χ2v) is 5.22. The Bertz CT molecular complexity index is 243. The van der Waals surface area contributed by atoms with Crippen molar-refractivity contribution in [3.63, 3.8) is 0 Å². The zero-order valence-corrected chi connectivity index (χ0v) is 11.5. The van der Waals surface area contributed by atoms with Crippen LogP contribution in [-0.4, -0.2) is 12.6 Å². The Balaban J connectivity index is 2.24. The van der Waals surface area contributed by atoms with Gasteiger partial charge >= 0.3 is 0 Å². The van der Waals surface area contributed by atoms with Gasteiger partial charge in [0.05, 0.1) is 0 Å². The van der Waals surface area contributed by atoms with Crippen LogP contribution in [0.2, 0.25) is 0 Å². The Labute approximate surface area is 104 Å². The van der Waals surface area contributed by atoms with Crippen molar-refractivity contribution in [2.45, 2.75) is 58.4 Å². The van der Waals surface area contributed by atoms with Crippen LogP contribution < -0.4 is 5.32 Å². The van der Waals surface area contributed by atoms with Gasteiger partial charge in [-0.1, -0.05) is 39.5 Å². The summed E-state index contributed by atoms with van der Waals surface area (Å²) in [4.78, 5) is 0. The average molecular weight is 239 g/mol. The van der Waals surface area contributed by atoms with Crippen LogP contribution >= 0.6 is 11.3 Å². The number of nitrogens with one attached hydrogen (secondary N) is 1. The van der Waals surface area contributed by atoms with Crippen molar-refractivity contribution in [2.75, 3.05) is 6.54 Å². The van der Waals surface area contributed by atoms with Gasteiger partial charge in [-0.15, -0.1) is 0 Å². The molecule has 0 amide bonds. The van der Waals surface area contributed by atoms with Gasteiger partial charge in [0.2, 0.25) is 0 Å². The lowest BCUT2D eigenvalue weighted by Crippen LogP contribution is -2.30. The summed E-state index contributed by atoms with van der Waals surface area (Å²) in [5.74, 6) is 0. The molecule has 0 aromatic carbocycles. The van der Waals surface area contributed by atoms with Gasteiger partial charge in [0.1, 0.15) is 0 Å². The average Bonchev–Trinajstić information content (AvgIpc) is 2.77. The molecule has 16 heavy (non-hydrogen) atoms. The van der Waals surface area contributed by atoms with E-state index in [9.17, 15) is 0 Å². The molecule has 2 heteroatoms. The Hall–Kier alpha value is -0.340. The summed E-state index contributed by atoms with van der Waals surface area (Å²) >= 11 is 1.80. The molecule has 0 aliphatic heterocycles. The Morgan fingerprint density at radius 2 is 2.12 bits per heavy atom. The minimum atomic E-state index is 0.677. The maximum absolute atomic E-state index is 3.60. The molecule has 1 aromatic heterocycles. The van der Waals surface area contributed by atoms with E-state index in [2.05, 4.69) is 36.0 Å². The minimum absolute atomic E-state index is 0.677. The summed E-state index contributed by atoms with van der Waals surface area (Å²) in [5.41, 5.74) is 1.49. The van der Waals surface area contributed by atoms with Crippen molar-refractivity contribution in [2.24, 2.45) is 0 Å². The molecule has 0 aliphatic rings. The highest BCUT2D eigenvalue weighted by molar-refractivity contribution is 7.07. The van der Waals surface area contributed by atoms with Crippen molar-refractivity contribution in [1.29, 1.82) is 0 Å². The second kappa shape index (κ2) is 8.77. The summed E-state index contributed by atoms with van der Waals surface area (Å²) < 4.78 is 0. The molecular weight excluding hydrogens is 214 g/mol. The molecule has 92 valence electrons. The Morgan fingerprint density at radius 1 is 1.25 bits per heavy atom. The van der Waals surface area contributed by atoms with E-state index in [0.29, 0.717) is 6.04 Å². The normalized spacial score (nSPS) is 12.9. The first-order chi connectivity index (χ1) is 7.86. The smallest absolute Gasteiger partial charge is 0.0108 e. The number of hydrogen-bond acceptors (Lipinski definition) is 2. The van der Waals surface area contributed by atoms with Crippen LogP contribution in [0.5, 0.6) is 0 Å². The van der Waals surface area contributed by atoms with Gasteiger partial charge in [-0.05, 0) is 41.8 Å². The minimum Gasteiger partial charge on any atom is -0.314 e. The third-order valence-corrected chi connectivity index (χ3v) is 3.69. The van der Waals surface area contributed by atoms with Crippen molar-refractivity contribution in [1.82, 2.24) is 5.32 Å². The molecule has 0 fully saturated rings. The van der Waals surface area contributed by atoms with Gasteiger partial charge < -0.3 is 5.32 Å². The van der Waals surface area contributed by atoms with Gasteiger partial charge in [0.25, 0.3) is 0 Å². The van der Waals surface area contributed by atoms with Gasteiger partial charge in [0.15, 0.2) is 0 Å². The van der Waals surface area contributed by atoms with Crippen LogP contribution in [0.4, 0.5) is 0 Å². The van der Waals surface area contributed by atoms with Crippen molar-refractivity contribution in [3.05, 3.63) is 22.4 Å². The first-order valence-corrected chi connectivity index (χ1v) is 7.55. The first kappa shape index (κ1) is 13.7. The van der Waals surface area contributed by atoms with Gasteiger partial charge in [-0.2, -0.15) is 11.3 Å². The Kier molecular flexibility index (Phi) is 7.52. The zero-order chi connectivity index (χ0) is 11.6. The van der Waals surface area contributed by atoms with Crippen molar-refractivity contribution < 1.29 is 0 Å². The molecule has 0 saturated carbocycles. The molecular formula is C14H25NS. The second-order valence-electron chi connectivity index (χ2n) is 4.44. The number of unbranched alkanes of at least 4 members (excludes halogenated alkanes) is 3. The van der Waals surface area contributed by atoms with Crippen LogP contribution in [0, 0.1) is 0 Å². The summed E-state index contributed by atoms with van der Waals surface area (Å²) in [5, 5.41) is 8.05. The summed E-state index contributed by atoms with van der Waals surface area (Å²) in [7, 11) is 0. The lowest BCUT2D eigenvalue weighted by molar-refractivity contribution is 0.463. The van der Waals surface area contributed by atoms with E-state index in [1.54, 1.807) is 11.3 Å². The number of rotatable bonds is 9. The van der Waals surface area contributed by atoms with Gasteiger partial charge in [-0.3, -0.25) is 0 Å². The Morgan fingerprint density at radius 3 is 2.75 bits per heavy atom. The molecule has 1 nitrogen and oxygen atoms in total. The first-order valence-electron chi connectivity index (χ1n) is 6.61. The van der Waals surface area contributed by atoms with Gasteiger partial charge in [0, 0.05) is 6.04 Å². The molecule has 0 spiro atoms. The molecule has 1 heterocycles. The van der Waals surface area contributed by atoms with Crippen molar-refractivity contribution in [3.8, 4) is 0 Å². The van der Waals surface area contributed by atoms with Crippen LogP contribution in [0.15, 0.2) is 16.8 Å². The third kappa shape index (κ3) is 5.66. The lowest BCUT2D eigenvalue weighted by Gasteiger charge is -2.17. The van der Waals surface area contributed by atoms with E-state index >= 15 is 0 Å². The number of thiophene rings is 1. The number of hydrogen-bond donors (Lipinski definition) is 1. The SMILES string of the molecule is CCCCCCC(Cc1ccsc1)NCC. The van der Waals surface area contributed by atoms with E-state index in [1.165, 1.54) is 44.1 Å². The molecule has 1 aromatic rings. The quantitative estimate of drug-likeness (QED) is 0.636. The fraction of sp³-hybridized carbons (Fsp3) is 0.714. The monoisotopic (exact) mass is 239 g/mol. The zero-order valence-electron chi connectivity index (χ0n) is 10.7. The highest BCUT2D eigenvalue weighted by Crippen LogP contribution is 2.13. The van der Waals surface area contributed by atoms with E-state index in [4.69, 9.17) is 0 Å². The topological polar surface area (TPSA) is 12.0 Å². The molecule has 0 radical (unpaired) electrons. The summed E-state index contributed by atoms with van der Waals surface area (Å²) in [6, 6.07) is 2.93. The predicted molar refractivity (Wildman–Crippen MR) is 74.2 cm³/mol. The molecule has 0 saturated heterocycles. The van der Waals surface area contributed by atoms with E-state index < -0.39 is 0 Å². The fourth-order valence-corrected chi connectivity index (χ4v) is 2.76. The number of likely N-dealkylation sites (N-methyl/N-ethyl adjacent to an activating group) is 1. The predicted octanol–water partition coefficient (Wildman–Crippen LogP) is 4.24. The maximum atomic E-state index is 3.60. The third-order valence-electron chi connectivity index (χ3n) is 2.96. The maximum Gasteiger partial charge on any atom is 0.0108 e. The highest BCUT2D eigenvalue weighted by Gasteiger charge is 2.08. The summed E-state index contributed by atoms with van der Waals surface area (Å²) in [6.07, 6.45) is 8.00. The van der Waals surface area contributed by atoms with Crippen molar-refractivity contribution >= 4 is 11.3 Å². The van der Waals surface area contributed by atoms with E-state index in [1.807, 2.05) is 0 Å². The molecule has 1 rings (SSSR count). The van der Waals surface area contributed by atoms with Crippen LogP contribution in [-0.2, 0) is 6.42 Å².